The van der Waals surface area contributed by atoms with E-state index in [0.717, 1.165) is 0 Å². The van der Waals surface area contributed by atoms with Crippen molar-refractivity contribution < 1.29 is 40.1 Å². The van der Waals surface area contributed by atoms with Crippen LogP contribution in [0.2, 0.25) is 0 Å². The Balaban J connectivity index is 0.000000210. The van der Waals surface area contributed by atoms with E-state index in [4.69, 9.17) is 25.4 Å². The normalized spacial score (nSPS) is 38.1. The van der Waals surface area contributed by atoms with E-state index in [1.165, 1.54) is 10.9 Å². The molecule has 2 aromatic heterocycles. The highest BCUT2D eigenvalue weighted by molar-refractivity contribution is 5.70. The largest absolute Gasteiger partial charge is 0.394 e. The first-order valence-corrected chi connectivity index (χ1v) is 9.61. The van der Waals surface area contributed by atoms with Crippen molar-refractivity contribution in [3.8, 4) is 0 Å². The number of hydrogen-bond donors (Lipinski definition) is 8. The van der Waals surface area contributed by atoms with E-state index in [1.54, 1.807) is 13.8 Å². The van der Waals surface area contributed by atoms with Gasteiger partial charge in [0.1, 0.15) is 24.4 Å². The van der Waals surface area contributed by atoms with Crippen molar-refractivity contribution in [2.75, 3.05) is 12.3 Å². The summed E-state index contributed by atoms with van der Waals surface area (Å²) in [6, 6.07) is 0. The number of nitrogens with one attached hydrogen (secondary N) is 1. The Kier molecular flexibility index (Phi) is 6.92. The van der Waals surface area contributed by atoms with Gasteiger partial charge in [-0.05, 0) is 6.92 Å². The maximum atomic E-state index is 11.7. The Hall–Kier alpha value is -2.17. The van der Waals surface area contributed by atoms with Crippen molar-refractivity contribution in [3.05, 3.63) is 16.7 Å². The minimum atomic E-state index is -1.29. The van der Waals surface area contributed by atoms with Crippen LogP contribution in [0.4, 0.5) is 5.95 Å². The Morgan fingerprint density at radius 2 is 1.77 bits per heavy atom. The molecule has 14 heteroatoms. The van der Waals surface area contributed by atoms with Crippen LogP contribution in [0, 0.1) is 5.92 Å². The third kappa shape index (κ3) is 4.42. The molecule has 4 rings (SSSR count). The summed E-state index contributed by atoms with van der Waals surface area (Å²) in [5, 5.41) is 56.4. The van der Waals surface area contributed by atoms with Gasteiger partial charge < -0.3 is 45.8 Å². The zero-order valence-electron chi connectivity index (χ0n) is 16.8. The maximum absolute atomic E-state index is 11.7. The number of rotatable bonds is 2. The highest BCUT2D eigenvalue weighted by Gasteiger charge is 2.44. The summed E-state index contributed by atoms with van der Waals surface area (Å²) in [6.45, 7) is 2.80. The summed E-state index contributed by atoms with van der Waals surface area (Å²) in [5.74, 6) is -0.530. The van der Waals surface area contributed by atoms with Gasteiger partial charge in [-0.1, -0.05) is 6.92 Å². The molecule has 0 aromatic carbocycles. The van der Waals surface area contributed by atoms with Crippen LogP contribution in [0.25, 0.3) is 11.2 Å². The van der Waals surface area contributed by atoms with Crippen LogP contribution in [-0.2, 0) is 9.47 Å². The molecule has 2 unspecified atom stereocenters. The van der Waals surface area contributed by atoms with Crippen LogP contribution in [0.5, 0.6) is 0 Å². The third-order valence-corrected chi connectivity index (χ3v) is 5.42. The maximum Gasteiger partial charge on any atom is 0.280 e. The van der Waals surface area contributed by atoms with Gasteiger partial charge >= 0.3 is 0 Å². The Morgan fingerprint density at radius 3 is 2.39 bits per heavy atom. The molecule has 0 saturated carbocycles. The van der Waals surface area contributed by atoms with Crippen LogP contribution >= 0.6 is 0 Å². The predicted molar refractivity (Wildman–Crippen MR) is 103 cm³/mol. The molecule has 31 heavy (non-hydrogen) atoms. The quantitative estimate of drug-likeness (QED) is 0.224. The van der Waals surface area contributed by atoms with Crippen molar-refractivity contribution >= 4 is 17.1 Å². The van der Waals surface area contributed by atoms with Crippen LogP contribution in [-0.4, -0.2) is 99.7 Å². The molecule has 0 radical (unpaired) electrons. The fourth-order valence-electron chi connectivity index (χ4n) is 3.42. The van der Waals surface area contributed by atoms with Crippen molar-refractivity contribution in [2.24, 2.45) is 5.92 Å². The fraction of sp³-hybridized carbons (Fsp3) is 0.706. The summed E-state index contributed by atoms with van der Waals surface area (Å²) in [7, 11) is 0. The summed E-state index contributed by atoms with van der Waals surface area (Å²) in [6.07, 6.45) is -6.48. The molecule has 2 aliphatic rings. The topological polar surface area (TPSA) is 229 Å². The van der Waals surface area contributed by atoms with Crippen LogP contribution in [0.15, 0.2) is 11.1 Å². The molecule has 9 N–H and O–H groups in total. The lowest BCUT2D eigenvalue weighted by molar-refractivity contribution is -0.255. The highest BCUT2D eigenvalue weighted by Crippen LogP contribution is 2.30. The lowest BCUT2D eigenvalue weighted by Crippen LogP contribution is -2.52. The smallest absolute Gasteiger partial charge is 0.280 e. The highest BCUT2D eigenvalue weighted by atomic mass is 16.6. The molecule has 0 aliphatic carbocycles. The molecule has 2 aliphatic heterocycles. The minimum absolute atomic E-state index is 0.0388. The van der Waals surface area contributed by atoms with E-state index >= 15 is 0 Å². The average molecular weight is 445 g/mol. The zero-order chi connectivity index (χ0) is 23.0. The van der Waals surface area contributed by atoms with Crippen molar-refractivity contribution in [1.29, 1.82) is 0 Å². The molecule has 174 valence electrons. The van der Waals surface area contributed by atoms with Gasteiger partial charge in [-0.3, -0.25) is 14.3 Å². The van der Waals surface area contributed by atoms with Gasteiger partial charge in [0.15, 0.2) is 23.7 Å². The Bertz CT molecular complexity index is 938. The molecular weight excluding hydrogens is 418 g/mol. The SMILES string of the molecule is C[C@@H]1OC(O)[C@@H](C)[C@H](O)[C@@H]1O.Nc1nc2c(ncn2[C@@H]2O[C@H](CO)[C@H](O)C2O)c(=O)[nH]1. The van der Waals surface area contributed by atoms with Crippen LogP contribution < -0.4 is 11.3 Å². The molecule has 14 nitrogen and oxygen atoms in total. The van der Waals surface area contributed by atoms with E-state index in [1.807, 2.05) is 0 Å². The number of nitrogens with two attached hydrogens (primary N) is 1. The first-order chi connectivity index (χ1) is 14.6. The summed E-state index contributed by atoms with van der Waals surface area (Å²) >= 11 is 0. The fourth-order valence-corrected chi connectivity index (χ4v) is 3.42. The van der Waals surface area contributed by atoms with Gasteiger partial charge in [-0.15, -0.1) is 0 Å². The van der Waals surface area contributed by atoms with E-state index in [0.29, 0.717) is 0 Å². The predicted octanol–water partition coefficient (Wildman–Crippen LogP) is -3.61. The third-order valence-electron chi connectivity index (χ3n) is 5.42. The van der Waals surface area contributed by atoms with Crippen molar-refractivity contribution in [3.63, 3.8) is 0 Å². The number of aliphatic hydroxyl groups excluding tert-OH is 6. The van der Waals surface area contributed by atoms with Crippen LogP contribution in [0.1, 0.15) is 20.1 Å². The molecule has 4 heterocycles. The number of anilines is 1. The number of nitrogen functional groups attached to an aromatic ring is 1. The Morgan fingerprint density at radius 1 is 1.10 bits per heavy atom. The number of ether oxygens (including phenoxy) is 2. The van der Waals surface area contributed by atoms with Gasteiger partial charge in [0.05, 0.1) is 25.1 Å². The van der Waals surface area contributed by atoms with Crippen LogP contribution in [0.3, 0.4) is 0 Å². The molecule has 2 aromatic rings. The number of fused-ring (bicyclic) bond motifs is 1. The molecule has 0 spiro atoms. The molecule has 9 atom stereocenters. The molecular formula is C17H27N5O9. The lowest BCUT2D eigenvalue weighted by atomic mass is 9.93. The Labute approximate surface area is 175 Å². The second kappa shape index (κ2) is 9.13. The monoisotopic (exact) mass is 445 g/mol. The summed E-state index contributed by atoms with van der Waals surface area (Å²) < 4.78 is 11.6. The molecule has 2 saturated heterocycles. The van der Waals surface area contributed by atoms with E-state index in [2.05, 4.69) is 15.0 Å². The second-order valence-corrected chi connectivity index (χ2v) is 7.58. The second-order valence-electron chi connectivity index (χ2n) is 7.58. The number of H-pyrrole nitrogens is 1. The first-order valence-electron chi connectivity index (χ1n) is 9.61. The number of aromatic amines is 1. The van der Waals surface area contributed by atoms with E-state index in [-0.39, 0.29) is 17.1 Å². The van der Waals surface area contributed by atoms with Gasteiger partial charge in [0, 0.05) is 5.92 Å². The van der Waals surface area contributed by atoms with Gasteiger partial charge in [-0.2, -0.15) is 4.98 Å². The molecule has 0 amide bonds. The summed E-state index contributed by atoms with van der Waals surface area (Å²) in [5.41, 5.74) is 5.12. The molecule has 0 bridgehead atoms. The molecule has 2 fully saturated rings. The average Bonchev–Trinajstić information content (AvgIpc) is 3.26. The van der Waals surface area contributed by atoms with Gasteiger partial charge in [0.2, 0.25) is 5.95 Å². The first kappa shape index (κ1) is 23.5. The van der Waals surface area contributed by atoms with E-state index in [9.17, 15) is 25.2 Å². The van der Waals surface area contributed by atoms with Gasteiger partial charge in [0.25, 0.3) is 5.56 Å². The standard InChI is InChI=1S/C10H13N5O5.C7H14O4/c11-10-13-7-4(8(19)14-10)12-2-15(7)9-6(18)5(17)3(1-16)20-9;1-3-5(8)6(9)4(2)11-7(3)10/h2-3,5-6,9,16-18H,1H2,(H3,11,13,14,19);3-10H,1-2H3/t3-,5+,6?,9-;3-,4-,5-,6+,7?/m10/s1. The summed E-state index contributed by atoms with van der Waals surface area (Å²) in [4.78, 5) is 21.8. The zero-order valence-corrected chi connectivity index (χ0v) is 16.8. The number of imidazole rings is 1. The lowest BCUT2D eigenvalue weighted by Gasteiger charge is -2.37. The number of hydrogen-bond acceptors (Lipinski definition) is 12. The number of aliphatic hydroxyl groups is 6. The van der Waals surface area contributed by atoms with Crippen molar-refractivity contribution in [1.82, 2.24) is 19.5 Å². The van der Waals surface area contributed by atoms with E-state index < -0.39 is 67.2 Å². The minimum Gasteiger partial charge on any atom is -0.394 e. The number of aromatic nitrogens is 4. The number of nitrogens with zero attached hydrogens (tertiary/aromatic N) is 3. The van der Waals surface area contributed by atoms with Crippen molar-refractivity contribution in [2.45, 2.75) is 63.0 Å². The van der Waals surface area contributed by atoms with Gasteiger partial charge in [-0.25, -0.2) is 4.98 Å².